The molecule has 2 aromatic heterocycles. The molecule has 0 bridgehead atoms. The summed E-state index contributed by atoms with van der Waals surface area (Å²) >= 11 is 0. The molecule has 5 rings (SSSR count). The van der Waals surface area contributed by atoms with Gasteiger partial charge in [-0.1, -0.05) is 44.2 Å². The number of rotatable bonds is 10. The van der Waals surface area contributed by atoms with E-state index in [2.05, 4.69) is 53.6 Å². The molecule has 208 valence electrons. The highest BCUT2D eigenvalue weighted by Crippen LogP contribution is 2.28. The molecule has 40 heavy (non-hydrogen) atoms. The van der Waals surface area contributed by atoms with Crippen LogP contribution >= 0.6 is 0 Å². The zero-order valence-corrected chi connectivity index (χ0v) is 23.4. The third-order valence-corrected chi connectivity index (χ3v) is 6.69. The Bertz CT molecular complexity index is 1590. The van der Waals surface area contributed by atoms with Gasteiger partial charge in [-0.15, -0.1) is 0 Å². The van der Waals surface area contributed by atoms with Gasteiger partial charge < -0.3 is 29.9 Å². The Balaban J connectivity index is 1.28. The number of hydrogen-bond acceptors (Lipinski definition) is 6. The predicted octanol–water partition coefficient (Wildman–Crippen LogP) is 4.33. The molecule has 9 nitrogen and oxygen atoms in total. The van der Waals surface area contributed by atoms with Crippen LogP contribution in [0.4, 0.5) is 5.69 Å². The minimum atomic E-state index is -0.248. The number of hydrogen-bond donors (Lipinski definition) is 4. The molecule has 0 atom stereocenters. The van der Waals surface area contributed by atoms with Crippen molar-refractivity contribution in [3.8, 4) is 17.0 Å². The molecule has 0 fully saturated rings. The molecule has 3 heterocycles. The van der Waals surface area contributed by atoms with Crippen LogP contribution in [0.5, 0.6) is 5.75 Å². The molecule has 0 saturated carbocycles. The summed E-state index contributed by atoms with van der Waals surface area (Å²) in [6.07, 6.45) is 3.33. The van der Waals surface area contributed by atoms with E-state index >= 15 is 0 Å². The van der Waals surface area contributed by atoms with Crippen LogP contribution in [-0.2, 0) is 11.3 Å². The summed E-state index contributed by atoms with van der Waals surface area (Å²) in [6, 6.07) is 19.5. The van der Waals surface area contributed by atoms with E-state index in [4.69, 9.17) is 4.74 Å². The molecule has 0 unspecified atom stereocenters. The van der Waals surface area contributed by atoms with Crippen molar-refractivity contribution < 1.29 is 9.53 Å². The van der Waals surface area contributed by atoms with Gasteiger partial charge in [0.1, 0.15) is 5.75 Å². The van der Waals surface area contributed by atoms with E-state index in [1.165, 1.54) is 6.20 Å². The van der Waals surface area contributed by atoms with Crippen molar-refractivity contribution in [3.05, 3.63) is 94.6 Å². The smallest absolute Gasteiger partial charge is 0.257 e. The number of nitrogens with zero attached hydrogens (tertiary/aromatic N) is 2. The van der Waals surface area contributed by atoms with Crippen molar-refractivity contribution in [2.24, 2.45) is 5.41 Å². The molecule has 1 aliphatic rings. The lowest BCUT2D eigenvalue weighted by Gasteiger charge is -2.28. The van der Waals surface area contributed by atoms with Crippen LogP contribution in [0.2, 0.25) is 0 Å². The summed E-state index contributed by atoms with van der Waals surface area (Å²) in [4.78, 5) is 33.9. The van der Waals surface area contributed by atoms with Crippen molar-refractivity contribution >= 4 is 22.5 Å². The summed E-state index contributed by atoms with van der Waals surface area (Å²) < 4.78 is 6.10. The van der Waals surface area contributed by atoms with Crippen molar-refractivity contribution in [2.75, 3.05) is 39.1 Å². The lowest BCUT2D eigenvalue weighted by Crippen LogP contribution is -2.33. The molecule has 4 aromatic rings. The standard InChI is InChI=1S/C31H36N6O3/c1-31(2,19-36(3)4)20-40-25-10-11-27-22(12-25)13-28(35-27)26-14-24(16-32-30(26)39)34-29(38)23-15-33-37(18-23)17-21-8-6-5-7-9-21/h5-14,16,18,33,35H,15,17,19-20H2,1-4H3,(H,32,39)(H,34,38). The first-order chi connectivity index (χ1) is 19.1. The van der Waals surface area contributed by atoms with E-state index in [-0.39, 0.29) is 16.9 Å². The van der Waals surface area contributed by atoms with Crippen molar-refractivity contribution in [1.82, 2.24) is 25.3 Å². The number of aromatic nitrogens is 2. The molecule has 1 amide bonds. The van der Waals surface area contributed by atoms with Gasteiger partial charge in [0.2, 0.25) is 0 Å². The van der Waals surface area contributed by atoms with E-state index in [1.54, 1.807) is 6.07 Å². The number of pyridine rings is 1. The Labute approximate surface area is 233 Å². The minimum Gasteiger partial charge on any atom is -0.493 e. The first kappa shape index (κ1) is 27.2. The second kappa shape index (κ2) is 11.4. The Kier molecular flexibility index (Phi) is 7.77. The van der Waals surface area contributed by atoms with Gasteiger partial charge >= 0.3 is 0 Å². The Morgan fingerprint density at radius 3 is 2.67 bits per heavy atom. The van der Waals surface area contributed by atoms with E-state index in [9.17, 15) is 9.59 Å². The fourth-order valence-electron chi connectivity index (χ4n) is 4.98. The molecular weight excluding hydrogens is 504 g/mol. The number of amides is 1. The number of aromatic amines is 2. The number of H-pyrrole nitrogens is 2. The fraction of sp³-hybridized carbons (Fsp3) is 0.290. The zero-order valence-electron chi connectivity index (χ0n) is 23.4. The second-order valence-corrected chi connectivity index (χ2v) is 11.3. The predicted molar refractivity (Wildman–Crippen MR) is 159 cm³/mol. The molecule has 0 radical (unpaired) electrons. The van der Waals surface area contributed by atoms with Crippen molar-refractivity contribution in [1.29, 1.82) is 0 Å². The van der Waals surface area contributed by atoms with Gasteiger partial charge in [0.15, 0.2) is 0 Å². The number of fused-ring (bicyclic) bond motifs is 1. The maximum Gasteiger partial charge on any atom is 0.257 e. The quantitative estimate of drug-likeness (QED) is 0.239. The molecule has 0 aliphatic carbocycles. The average Bonchev–Trinajstić information content (AvgIpc) is 3.55. The zero-order chi connectivity index (χ0) is 28.3. The van der Waals surface area contributed by atoms with Gasteiger partial charge in [0, 0.05) is 41.8 Å². The number of carbonyl (C=O) groups is 1. The number of hydrazine groups is 1. The largest absolute Gasteiger partial charge is 0.493 e. The van der Waals surface area contributed by atoms with Gasteiger partial charge in [-0.2, -0.15) is 0 Å². The first-order valence-electron chi connectivity index (χ1n) is 13.3. The van der Waals surface area contributed by atoms with Crippen molar-refractivity contribution in [2.45, 2.75) is 20.4 Å². The van der Waals surface area contributed by atoms with Crippen LogP contribution in [0.3, 0.4) is 0 Å². The lowest BCUT2D eigenvalue weighted by molar-refractivity contribution is -0.112. The summed E-state index contributed by atoms with van der Waals surface area (Å²) in [5.41, 5.74) is 7.22. The highest BCUT2D eigenvalue weighted by molar-refractivity contribution is 6.04. The first-order valence-corrected chi connectivity index (χ1v) is 13.3. The molecule has 0 saturated heterocycles. The summed E-state index contributed by atoms with van der Waals surface area (Å²) in [5.74, 6) is 0.552. The maximum atomic E-state index is 13.0. The monoisotopic (exact) mass is 540 g/mol. The van der Waals surface area contributed by atoms with Crippen LogP contribution in [0.25, 0.3) is 22.2 Å². The second-order valence-electron chi connectivity index (χ2n) is 11.3. The summed E-state index contributed by atoms with van der Waals surface area (Å²) in [6.45, 7) is 6.94. The van der Waals surface area contributed by atoms with Crippen LogP contribution in [0.15, 0.2) is 83.4 Å². The number of anilines is 1. The van der Waals surface area contributed by atoms with Gasteiger partial charge in [-0.3, -0.25) is 9.59 Å². The van der Waals surface area contributed by atoms with Gasteiger partial charge in [-0.25, -0.2) is 5.43 Å². The molecule has 2 aromatic carbocycles. The third kappa shape index (κ3) is 6.62. The summed E-state index contributed by atoms with van der Waals surface area (Å²) in [7, 11) is 4.11. The average molecular weight is 541 g/mol. The molecule has 1 aliphatic heterocycles. The van der Waals surface area contributed by atoms with E-state index in [0.717, 1.165) is 28.8 Å². The van der Waals surface area contributed by atoms with Gasteiger partial charge in [0.05, 0.1) is 35.7 Å². The highest BCUT2D eigenvalue weighted by Gasteiger charge is 2.21. The van der Waals surface area contributed by atoms with Crippen LogP contribution < -0.4 is 21.0 Å². The van der Waals surface area contributed by atoms with Crippen LogP contribution in [-0.4, -0.2) is 59.6 Å². The molecular formula is C31H36N6O3. The van der Waals surface area contributed by atoms with Crippen LogP contribution in [0, 0.1) is 5.41 Å². The molecule has 0 spiro atoms. The number of benzene rings is 2. The maximum absolute atomic E-state index is 13.0. The normalized spacial score (nSPS) is 13.6. The topological polar surface area (TPSA) is 105 Å². The van der Waals surface area contributed by atoms with Crippen molar-refractivity contribution in [3.63, 3.8) is 0 Å². The number of ether oxygens (including phenoxy) is 1. The van der Waals surface area contributed by atoms with Gasteiger partial charge in [-0.05, 0) is 50.0 Å². The molecule has 4 N–H and O–H groups in total. The van der Waals surface area contributed by atoms with Gasteiger partial charge in [0.25, 0.3) is 11.5 Å². The summed E-state index contributed by atoms with van der Waals surface area (Å²) in [5, 5.41) is 5.75. The number of nitrogens with one attached hydrogen (secondary N) is 4. The fourth-order valence-corrected chi connectivity index (χ4v) is 4.98. The van der Waals surface area contributed by atoms with E-state index in [1.807, 2.05) is 65.8 Å². The van der Waals surface area contributed by atoms with E-state index < -0.39 is 0 Å². The Morgan fingerprint density at radius 1 is 1.10 bits per heavy atom. The number of carbonyl (C=O) groups excluding carboxylic acids is 1. The van der Waals surface area contributed by atoms with E-state index in [0.29, 0.717) is 42.2 Å². The minimum absolute atomic E-state index is 0.00468. The lowest BCUT2D eigenvalue weighted by atomic mass is 9.94. The van der Waals surface area contributed by atoms with Crippen LogP contribution in [0.1, 0.15) is 19.4 Å². The highest BCUT2D eigenvalue weighted by atomic mass is 16.5. The molecule has 9 heteroatoms. The Hall–Kier alpha value is -4.34. The SMILES string of the molecule is CN(C)CC(C)(C)COc1ccc2[nH]c(-c3cc(NC(=O)C4=CN(Cc5ccccc5)NC4)c[nH]c3=O)cc2c1. The third-order valence-electron chi connectivity index (χ3n) is 6.69. The Morgan fingerprint density at radius 2 is 1.90 bits per heavy atom.